The van der Waals surface area contributed by atoms with E-state index in [1.807, 2.05) is 74.5 Å². The summed E-state index contributed by atoms with van der Waals surface area (Å²) in [5.41, 5.74) is 5.22. The van der Waals surface area contributed by atoms with Crippen LogP contribution >= 0.6 is 0 Å². The molecule has 0 saturated carbocycles. The minimum Gasteiger partial charge on any atom is -0.325 e. The van der Waals surface area contributed by atoms with Crippen LogP contribution in [-0.2, 0) is 20.4 Å². The normalized spacial score (nSPS) is 11.5. The zero-order valence-electron chi connectivity index (χ0n) is 17.0. The summed E-state index contributed by atoms with van der Waals surface area (Å²) >= 11 is 0. The maximum Gasteiger partial charge on any atom is 0.237 e. The molecule has 6 heteroatoms. The molecule has 0 bridgehead atoms. The first-order chi connectivity index (χ1) is 14.4. The van der Waals surface area contributed by atoms with E-state index in [-0.39, 0.29) is 17.4 Å². The highest BCUT2D eigenvalue weighted by atomic mass is 32.2. The fraction of sp³-hybridized carbons (Fsp3) is 0.167. The maximum atomic E-state index is 12.4. The van der Waals surface area contributed by atoms with Crippen molar-refractivity contribution in [2.75, 3.05) is 22.1 Å². The summed E-state index contributed by atoms with van der Waals surface area (Å²) in [5, 5.41) is 5.59. The van der Waals surface area contributed by atoms with E-state index < -0.39 is 16.7 Å². The summed E-state index contributed by atoms with van der Waals surface area (Å²) in [4.78, 5) is 24.6. The minimum atomic E-state index is -1.61. The molecule has 3 aromatic rings. The van der Waals surface area contributed by atoms with Gasteiger partial charge in [-0.15, -0.1) is 0 Å². The van der Waals surface area contributed by atoms with Crippen LogP contribution in [0.4, 0.5) is 11.4 Å². The van der Waals surface area contributed by atoms with Crippen LogP contribution in [0.5, 0.6) is 0 Å². The average molecular weight is 421 g/mol. The van der Waals surface area contributed by atoms with E-state index in [2.05, 4.69) is 10.6 Å². The summed E-state index contributed by atoms with van der Waals surface area (Å²) < 4.78 is 12.3. The number of hydrogen-bond acceptors (Lipinski definition) is 3. The van der Waals surface area contributed by atoms with Gasteiger partial charge in [-0.25, -0.2) is 0 Å². The molecule has 0 spiro atoms. The zero-order chi connectivity index (χ0) is 21.5. The van der Waals surface area contributed by atoms with E-state index in [0.717, 1.165) is 22.3 Å². The van der Waals surface area contributed by atoms with Gasteiger partial charge in [0.05, 0.1) is 0 Å². The number of carbonyl (C=O) groups excluding carboxylic acids is 2. The van der Waals surface area contributed by atoms with Gasteiger partial charge in [0.2, 0.25) is 11.8 Å². The standard InChI is InChI=1S/C24H24N2O3S/c1-17-9-8-14-21(18(17)2)25-23(27)15-30(29)16-24(28)26-22-13-7-6-12-20(22)19-10-4-3-5-11-19/h3-14H,15-16H2,1-2H3,(H,25,27)(H,26,28). The van der Waals surface area contributed by atoms with Crippen molar-refractivity contribution < 1.29 is 13.8 Å². The number of aryl methyl sites for hydroxylation is 1. The first kappa shape index (κ1) is 21.5. The number of hydrogen-bond donors (Lipinski definition) is 2. The third kappa shape index (κ3) is 5.64. The number of nitrogens with one attached hydrogen (secondary N) is 2. The number of rotatable bonds is 7. The van der Waals surface area contributed by atoms with Crippen LogP contribution in [0.2, 0.25) is 0 Å². The number of amides is 2. The lowest BCUT2D eigenvalue weighted by atomic mass is 10.0. The molecule has 1 unspecified atom stereocenters. The lowest BCUT2D eigenvalue weighted by Gasteiger charge is -2.12. The van der Waals surface area contributed by atoms with Gasteiger partial charge in [0.25, 0.3) is 0 Å². The Balaban J connectivity index is 1.58. The van der Waals surface area contributed by atoms with Crippen LogP contribution in [0.15, 0.2) is 72.8 Å². The van der Waals surface area contributed by atoms with Crippen LogP contribution in [-0.4, -0.2) is 27.5 Å². The maximum absolute atomic E-state index is 12.4. The van der Waals surface area contributed by atoms with Crippen LogP contribution in [0.25, 0.3) is 11.1 Å². The van der Waals surface area contributed by atoms with Crippen molar-refractivity contribution >= 4 is 34.0 Å². The zero-order valence-corrected chi connectivity index (χ0v) is 17.8. The Morgan fingerprint density at radius 1 is 0.733 bits per heavy atom. The van der Waals surface area contributed by atoms with E-state index in [0.29, 0.717) is 11.4 Å². The third-order valence-corrected chi connectivity index (χ3v) is 5.92. The SMILES string of the molecule is Cc1cccc(NC(=O)CS(=O)CC(=O)Nc2ccccc2-c2ccccc2)c1C. The Morgan fingerprint density at radius 2 is 1.30 bits per heavy atom. The van der Waals surface area contributed by atoms with Gasteiger partial charge in [-0.1, -0.05) is 60.7 Å². The summed E-state index contributed by atoms with van der Waals surface area (Å²) in [7, 11) is -1.61. The Kier molecular flexibility index (Phi) is 7.14. The molecule has 0 radical (unpaired) electrons. The topological polar surface area (TPSA) is 75.3 Å². The number of para-hydroxylation sites is 1. The molecule has 0 saturated heterocycles. The lowest BCUT2D eigenvalue weighted by Crippen LogP contribution is -2.26. The van der Waals surface area contributed by atoms with Gasteiger partial charge >= 0.3 is 0 Å². The summed E-state index contributed by atoms with van der Waals surface area (Å²) in [6.07, 6.45) is 0. The highest BCUT2D eigenvalue weighted by Gasteiger charge is 2.15. The lowest BCUT2D eigenvalue weighted by molar-refractivity contribution is -0.114. The summed E-state index contributed by atoms with van der Waals surface area (Å²) in [6.45, 7) is 3.88. The molecule has 0 aliphatic rings. The van der Waals surface area contributed by atoms with Crippen molar-refractivity contribution in [3.05, 3.63) is 83.9 Å². The van der Waals surface area contributed by atoms with E-state index in [1.165, 1.54) is 0 Å². The third-order valence-electron chi connectivity index (χ3n) is 4.75. The van der Waals surface area contributed by atoms with Gasteiger partial charge in [0.1, 0.15) is 11.5 Å². The van der Waals surface area contributed by atoms with Crippen molar-refractivity contribution in [3.8, 4) is 11.1 Å². The highest BCUT2D eigenvalue weighted by molar-refractivity contribution is 7.86. The molecule has 0 aliphatic carbocycles. The quantitative estimate of drug-likeness (QED) is 0.599. The number of anilines is 2. The van der Waals surface area contributed by atoms with Crippen molar-refractivity contribution in [3.63, 3.8) is 0 Å². The Bertz CT molecular complexity index is 1080. The molecule has 5 nitrogen and oxygen atoms in total. The molecule has 30 heavy (non-hydrogen) atoms. The molecule has 154 valence electrons. The second kappa shape index (κ2) is 9.98. The largest absolute Gasteiger partial charge is 0.325 e. The Morgan fingerprint density at radius 3 is 2.00 bits per heavy atom. The van der Waals surface area contributed by atoms with Crippen LogP contribution in [0, 0.1) is 13.8 Å². The van der Waals surface area contributed by atoms with Crippen LogP contribution in [0.3, 0.4) is 0 Å². The Hall–Kier alpha value is -3.25. The Labute approximate surface area is 179 Å². The van der Waals surface area contributed by atoms with Crippen molar-refractivity contribution in [1.82, 2.24) is 0 Å². The molecule has 0 aliphatic heterocycles. The molecule has 2 N–H and O–H groups in total. The molecular weight excluding hydrogens is 396 g/mol. The van der Waals surface area contributed by atoms with Gasteiger partial charge < -0.3 is 10.6 Å². The molecule has 3 aromatic carbocycles. The summed E-state index contributed by atoms with van der Waals surface area (Å²) in [5.74, 6) is -1.25. The first-order valence-corrected chi connectivity index (χ1v) is 11.1. The molecule has 3 rings (SSSR count). The molecule has 0 heterocycles. The molecule has 0 aromatic heterocycles. The van der Waals surface area contributed by atoms with E-state index in [9.17, 15) is 13.8 Å². The second-order valence-electron chi connectivity index (χ2n) is 6.98. The monoisotopic (exact) mass is 420 g/mol. The van der Waals surface area contributed by atoms with Gasteiger partial charge in [-0.3, -0.25) is 13.8 Å². The van der Waals surface area contributed by atoms with Crippen molar-refractivity contribution in [1.29, 1.82) is 0 Å². The smallest absolute Gasteiger partial charge is 0.237 e. The van der Waals surface area contributed by atoms with Crippen LogP contribution in [0.1, 0.15) is 11.1 Å². The molecule has 0 fully saturated rings. The molecular formula is C24H24N2O3S. The second-order valence-corrected chi connectivity index (χ2v) is 8.44. The number of carbonyl (C=O) groups is 2. The van der Waals surface area contributed by atoms with Gasteiger partial charge in [0, 0.05) is 27.7 Å². The van der Waals surface area contributed by atoms with E-state index >= 15 is 0 Å². The molecule has 1 atom stereocenters. The fourth-order valence-electron chi connectivity index (χ4n) is 3.06. The first-order valence-electron chi connectivity index (χ1n) is 9.59. The van der Waals surface area contributed by atoms with Gasteiger partial charge in [-0.05, 0) is 42.7 Å². The minimum absolute atomic E-state index is 0.235. The van der Waals surface area contributed by atoms with E-state index in [4.69, 9.17) is 0 Å². The average Bonchev–Trinajstić information content (AvgIpc) is 2.72. The molecule has 2 amide bonds. The highest BCUT2D eigenvalue weighted by Crippen LogP contribution is 2.27. The number of benzene rings is 3. The predicted molar refractivity (Wildman–Crippen MR) is 123 cm³/mol. The van der Waals surface area contributed by atoms with E-state index in [1.54, 1.807) is 12.1 Å². The van der Waals surface area contributed by atoms with Gasteiger partial charge in [-0.2, -0.15) is 0 Å². The van der Waals surface area contributed by atoms with Crippen molar-refractivity contribution in [2.45, 2.75) is 13.8 Å². The predicted octanol–water partition coefficient (Wildman–Crippen LogP) is 4.30. The summed E-state index contributed by atoms with van der Waals surface area (Å²) in [6, 6.07) is 22.8. The van der Waals surface area contributed by atoms with Gasteiger partial charge in [0.15, 0.2) is 0 Å². The van der Waals surface area contributed by atoms with Crippen molar-refractivity contribution in [2.24, 2.45) is 0 Å². The fourth-order valence-corrected chi connectivity index (χ4v) is 3.90. The van der Waals surface area contributed by atoms with Crippen LogP contribution < -0.4 is 10.6 Å².